The van der Waals surface area contributed by atoms with Crippen LogP contribution >= 0.6 is 43.2 Å². The van der Waals surface area contributed by atoms with E-state index in [-0.39, 0.29) is 75.5 Å². The number of amides is 2. The molecule has 1 radical (unpaired) electrons. The minimum absolute atomic E-state index is 0.103. The molecule has 0 aliphatic carbocycles. The number of nitrogens with zero attached hydrogens (tertiary/aromatic N) is 1. The zero-order chi connectivity index (χ0) is 38.0. The largest absolute Gasteiger partial charge is 0.490 e. The van der Waals surface area contributed by atoms with Crippen molar-refractivity contribution in [1.82, 2.24) is 10.6 Å². The van der Waals surface area contributed by atoms with Crippen molar-refractivity contribution in [2.45, 2.75) is 55.5 Å². The van der Waals surface area contributed by atoms with Crippen LogP contribution in [0.2, 0.25) is 0 Å². The first-order valence-corrected chi connectivity index (χ1v) is 21.4. The Kier molecular flexibility index (Phi) is 24.6. The average Bonchev–Trinajstić information content (AvgIpc) is 3.51. The summed E-state index contributed by atoms with van der Waals surface area (Å²) in [6, 6.07) is 6.48. The topological polar surface area (TPSA) is 192 Å². The Bertz CT molecular complexity index is 1350. The van der Waals surface area contributed by atoms with E-state index in [0.29, 0.717) is 30.8 Å². The third kappa shape index (κ3) is 20.1. The first kappa shape index (κ1) is 45.7. The predicted molar refractivity (Wildman–Crippen MR) is 206 cm³/mol. The molecule has 1 aromatic rings. The van der Waals surface area contributed by atoms with Gasteiger partial charge in [0.15, 0.2) is 0 Å². The van der Waals surface area contributed by atoms with Crippen LogP contribution in [0.5, 0.6) is 5.75 Å². The lowest BCUT2D eigenvalue weighted by atomic mass is 9.71. The molecule has 2 amide bonds. The summed E-state index contributed by atoms with van der Waals surface area (Å²) in [5, 5.41) is 15.3. The van der Waals surface area contributed by atoms with Crippen molar-refractivity contribution in [3.8, 4) is 29.3 Å². The average molecular weight is 802 g/mol. The van der Waals surface area contributed by atoms with E-state index in [1.807, 2.05) is 19.4 Å². The van der Waals surface area contributed by atoms with E-state index in [2.05, 4.69) is 39.1 Å². The Morgan fingerprint density at radius 1 is 1.15 bits per heavy atom. The maximum absolute atomic E-state index is 12.2. The number of carbonyl (C=O) groups is 2. The highest BCUT2D eigenvalue weighted by Crippen LogP contribution is 2.31. The van der Waals surface area contributed by atoms with Gasteiger partial charge in [0.2, 0.25) is 5.91 Å². The van der Waals surface area contributed by atoms with E-state index in [1.165, 1.54) is 43.2 Å². The van der Waals surface area contributed by atoms with E-state index >= 15 is 0 Å². The quantitative estimate of drug-likeness (QED) is 0.0235. The molecular formula is C32H46BN4O11S4. The minimum atomic E-state index is -0.849. The van der Waals surface area contributed by atoms with Crippen molar-refractivity contribution in [3.05, 3.63) is 39.9 Å². The van der Waals surface area contributed by atoms with Crippen molar-refractivity contribution < 1.29 is 47.9 Å². The summed E-state index contributed by atoms with van der Waals surface area (Å²) in [6.45, 7) is 4.91. The number of carbonyl (C=O) groups excluding carboxylic acids is 2. The number of rotatable bonds is 26. The van der Waals surface area contributed by atoms with E-state index < -0.39 is 22.7 Å². The van der Waals surface area contributed by atoms with Crippen LogP contribution < -0.4 is 21.1 Å². The van der Waals surface area contributed by atoms with Crippen LogP contribution in [0.25, 0.3) is 0 Å². The van der Waals surface area contributed by atoms with Crippen LogP contribution in [0.4, 0.5) is 0 Å². The molecular weight excluding hydrogens is 755 g/mol. The molecule has 0 aromatic heterocycles. The second-order valence-corrected chi connectivity index (χ2v) is 15.7. The lowest BCUT2D eigenvalue weighted by Gasteiger charge is -2.24. The molecule has 15 nitrogen and oxygen atoms in total. The molecule has 1 heterocycles. The van der Waals surface area contributed by atoms with E-state index in [9.17, 15) is 19.7 Å². The van der Waals surface area contributed by atoms with Crippen LogP contribution in [-0.4, -0.2) is 131 Å². The van der Waals surface area contributed by atoms with Gasteiger partial charge in [-0.3, -0.25) is 9.59 Å². The SMILES string of the molecule is CC#CC(C)OCC1O[C@@H]([B]C#CCNC(=O)COCCOC(COc2cccc(C(=O)NCCN)c2)SSC)C[C@H]1O[C@H](CO[N+](=O)[O-])SSC. The maximum Gasteiger partial charge on any atom is 0.294 e. The summed E-state index contributed by atoms with van der Waals surface area (Å²) in [6.07, 6.45) is 3.04. The molecule has 0 bridgehead atoms. The van der Waals surface area contributed by atoms with Crippen molar-refractivity contribution in [2.75, 3.05) is 71.8 Å². The van der Waals surface area contributed by atoms with Gasteiger partial charge in [-0.15, -0.1) is 16.0 Å². The molecule has 3 unspecified atom stereocenters. The van der Waals surface area contributed by atoms with Crippen LogP contribution in [0, 0.1) is 33.7 Å². The second-order valence-electron chi connectivity index (χ2n) is 10.5. The highest BCUT2D eigenvalue weighted by Gasteiger charge is 2.38. The second kappa shape index (κ2) is 28.0. The number of hydrogen-bond acceptors (Lipinski definition) is 16. The van der Waals surface area contributed by atoms with Gasteiger partial charge in [-0.1, -0.05) is 61.1 Å². The van der Waals surface area contributed by atoms with Crippen LogP contribution in [0.1, 0.15) is 30.6 Å². The molecule has 20 heteroatoms. The molecule has 1 aromatic carbocycles. The number of ether oxygens (including phenoxy) is 6. The molecule has 0 saturated carbocycles. The molecule has 1 saturated heterocycles. The normalized spacial score (nSPS) is 18.1. The van der Waals surface area contributed by atoms with Gasteiger partial charge in [-0.25, -0.2) is 0 Å². The molecule has 52 heavy (non-hydrogen) atoms. The Morgan fingerprint density at radius 3 is 2.67 bits per heavy atom. The Balaban J connectivity index is 1.72. The zero-order valence-corrected chi connectivity index (χ0v) is 32.8. The van der Waals surface area contributed by atoms with E-state index in [1.54, 1.807) is 38.5 Å². The third-order valence-electron chi connectivity index (χ3n) is 6.56. The monoisotopic (exact) mass is 801 g/mol. The predicted octanol–water partition coefficient (Wildman–Crippen LogP) is 2.38. The Labute approximate surface area is 321 Å². The van der Waals surface area contributed by atoms with E-state index in [4.69, 9.17) is 34.2 Å². The standard InChI is InChI=1S/C32H46BN4O11S4/c1-5-8-23(2)44-19-27-26(48-31(52-50-4)22-46-37(40)41)18-28(47-27)33-11-7-13-35-29(38)20-42-15-16-43-30(51-49-3)21-45-25-10-6-9-24(17-25)32(39)36-14-12-34/h6,9-10,17,23,26-28,30-31H,12-16,18-22,34H2,1-4H3,(H,35,38)(H,36,39)/t23?,26-,27?,28-,30?,31+/m1/s1. The molecule has 1 aliphatic rings. The van der Waals surface area contributed by atoms with Crippen molar-refractivity contribution in [2.24, 2.45) is 5.73 Å². The highest BCUT2D eigenvalue weighted by molar-refractivity contribution is 8.76. The van der Waals surface area contributed by atoms with Crippen molar-refractivity contribution in [3.63, 3.8) is 0 Å². The lowest BCUT2D eigenvalue weighted by molar-refractivity contribution is -0.758. The summed E-state index contributed by atoms with van der Waals surface area (Å²) in [7, 11) is 7.41. The van der Waals surface area contributed by atoms with Gasteiger partial charge in [0.1, 0.15) is 48.7 Å². The lowest BCUT2D eigenvalue weighted by Crippen LogP contribution is -2.34. The third-order valence-corrected chi connectivity index (χ3v) is 10.3. The van der Waals surface area contributed by atoms with Gasteiger partial charge in [0, 0.05) is 24.7 Å². The molecule has 1 aliphatic heterocycles. The van der Waals surface area contributed by atoms with E-state index in [0.717, 1.165) is 0 Å². The summed E-state index contributed by atoms with van der Waals surface area (Å²) < 4.78 is 35.2. The number of hydrogen-bond donors (Lipinski definition) is 3. The molecule has 2 rings (SSSR count). The highest BCUT2D eigenvalue weighted by atomic mass is 33.1. The fourth-order valence-corrected chi connectivity index (χ4v) is 7.27. The first-order chi connectivity index (χ1) is 25.2. The first-order valence-electron chi connectivity index (χ1n) is 16.2. The zero-order valence-electron chi connectivity index (χ0n) is 29.6. The smallest absolute Gasteiger partial charge is 0.294 e. The van der Waals surface area contributed by atoms with Crippen molar-refractivity contribution >= 4 is 62.3 Å². The van der Waals surface area contributed by atoms with Gasteiger partial charge in [-0.2, -0.15) is 5.82 Å². The maximum atomic E-state index is 12.2. The molecule has 1 fully saturated rings. The van der Waals surface area contributed by atoms with Crippen LogP contribution in [0.3, 0.4) is 0 Å². The van der Waals surface area contributed by atoms with Crippen molar-refractivity contribution in [1.29, 1.82) is 0 Å². The van der Waals surface area contributed by atoms with Gasteiger partial charge in [0.25, 0.3) is 18.3 Å². The fourth-order valence-electron chi connectivity index (χ4n) is 4.33. The number of nitrogens with one attached hydrogen (secondary N) is 2. The molecule has 4 N–H and O–H groups in total. The molecule has 6 atom stereocenters. The van der Waals surface area contributed by atoms with Gasteiger partial charge < -0.3 is 49.6 Å². The van der Waals surface area contributed by atoms with Crippen LogP contribution in [-0.2, 0) is 33.3 Å². The Hall–Kier alpha value is -2.50. The summed E-state index contributed by atoms with van der Waals surface area (Å²) in [4.78, 5) is 39.7. The molecule has 287 valence electrons. The number of benzene rings is 1. The molecule has 0 spiro atoms. The fraction of sp³-hybridized carbons (Fsp3) is 0.625. The minimum Gasteiger partial charge on any atom is -0.490 e. The number of nitrogens with two attached hydrogens (primary N) is 1. The summed E-state index contributed by atoms with van der Waals surface area (Å²) in [5.41, 5.74) is 5.02. The van der Waals surface area contributed by atoms with Gasteiger partial charge in [0.05, 0.1) is 32.5 Å². The van der Waals surface area contributed by atoms with Gasteiger partial charge in [-0.05, 0) is 51.0 Å². The van der Waals surface area contributed by atoms with Crippen LogP contribution in [0.15, 0.2) is 24.3 Å². The van der Waals surface area contributed by atoms with Gasteiger partial charge >= 0.3 is 0 Å². The Morgan fingerprint density at radius 2 is 1.94 bits per heavy atom. The summed E-state index contributed by atoms with van der Waals surface area (Å²) in [5.74, 6) is 11.5. The summed E-state index contributed by atoms with van der Waals surface area (Å²) >= 11 is 0.